The van der Waals surface area contributed by atoms with Gasteiger partial charge in [0.25, 0.3) is 0 Å². The van der Waals surface area contributed by atoms with Crippen molar-refractivity contribution in [2.24, 2.45) is 17.6 Å². The smallest absolute Gasteiger partial charge is 0.322 e. The van der Waals surface area contributed by atoms with E-state index < -0.39 is 79.0 Å². The van der Waals surface area contributed by atoms with Gasteiger partial charge in [0, 0.05) is 6.92 Å². The van der Waals surface area contributed by atoms with Gasteiger partial charge in [0.05, 0.1) is 13.0 Å². The topological polar surface area (TPSA) is 226 Å². The first kappa shape index (κ1) is 32.3. The number of nitrogens with two attached hydrogens (primary N) is 1. The van der Waals surface area contributed by atoms with Gasteiger partial charge in [-0.15, -0.1) is 0 Å². The Morgan fingerprint density at radius 2 is 1.17 bits per heavy atom. The molecule has 0 unspecified atom stereocenters. The molecule has 0 bridgehead atoms. The highest BCUT2D eigenvalue weighted by molar-refractivity contribution is 5.96. The molecule has 0 saturated heterocycles. The predicted molar refractivity (Wildman–Crippen MR) is 128 cm³/mol. The number of hydrogen-bond donors (Lipinski definition) is 7. The largest absolute Gasteiger partial charge is 0.480 e. The summed E-state index contributed by atoms with van der Waals surface area (Å²) >= 11 is 0. The van der Waals surface area contributed by atoms with Crippen LogP contribution in [0.1, 0.15) is 53.9 Å². The van der Waals surface area contributed by atoms with Gasteiger partial charge in [-0.3, -0.25) is 33.6 Å². The van der Waals surface area contributed by atoms with Crippen LogP contribution in [0.5, 0.6) is 0 Å². The Kier molecular flexibility index (Phi) is 14.4. The summed E-state index contributed by atoms with van der Waals surface area (Å²) in [4.78, 5) is 83.6. The number of nitrogens with one attached hydrogen (secondary N) is 5. The van der Waals surface area contributed by atoms with Crippen molar-refractivity contribution in [1.29, 1.82) is 0 Å². The maximum absolute atomic E-state index is 12.9. The molecular formula is C22H38N6O8. The van der Waals surface area contributed by atoms with E-state index in [0.717, 1.165) is 0 Å². The molecule has 204 valence electrons. The zero-order chi connectivity index (χ0) is 28.0. The van der Waals surface area contributed by atoms with Gasteiger partial charge in [-0.25, -0.2) is 0 Å². The first-order chi connectivity index (χ1) is 16.6. The number of aliphatic carboxylic acids is 1. The van der Waals surface area contributed by atoms with Crippen LogP contribution in [0.4, 0.5) is 0 Å². The molecule has 0 aliphatic rings. The summed E-state index contributed by atoms with van der Waals surface area (Å²) < 4.78 is 0. The van der Waals surface area contributed by atoms with Crippen LogP contribution >= 0.6 is 0 Å². The van der Waals surface area contributed by atoms with Crippen LogP contribution in [-0.4, -0.2) is 77.7 Å². The Labute approximate surface area is 209 Å². The van der Waals surface area contributed by atoms with Gasteiger partial charge in [-0.2, -0.15) is 0 Å². The van der Waals surface area contributed by atoms with Gasteiger partial charge in [0.15, 0.2) is 0 Å². The molecule has 0 aliphatic carbocycles. The minimum atomic E-state index is -1.42. The number of primary amides is 1. The molecule has 8 N–H and O–H groups in total. The lowest BCUT2D eigenvalue weighted by Crippen LogP contribution is -2.58. The molecule has 0 spiro atoms. The van der Waals surface area contributed by atoms with Gasteiger partial charge in [-0.1, -0.05) is 27.7 Å². The predicted octanol–water partition coefficient (Wildman–Crippen LogP) is -2.25. The minimum absolute atomic E-state index is 0.0304. The van der Waals surface area contributed by atoms with Crippen molar-refractivity contribution >= 4 is 41.4 Å². The number of carbonyl (C=O) groups excluding carboxylic acids is 6. The summed E-state index contributed by atoms with van der Waals surface area (Å²) in [6.45, 7) is 7.36. The molecule has 0 saturated carbocycles. The molecule has 0 aromatic heterocycles. The Morgan fingerprint density at radius 3 is 1.61 bits per heavy atom. The zero-order valence-corrected chi connectivity index (χ0v) is 21.3. The maximum Gasteiger partial charge on any atom is 0.322 e. The van der Waals surface area contributed by atoms with E-state index in [9.17, 15) is 33.6 Å². The summed E-state index contributed by atoms with van der Waals surface area (Å²) in [7, 11) is 0. The maximum atomic E-state index is 12.9. The third kappa shape index (κ3) is 14.5. The van der Waals surface area contributed by atoms with Crippen LogP contribution in [0.15, 0.2) is 0 Å². The van der Waals surface area contributed by atoms with Gasteiger partial charge in [-0.05, 0) is 24.7 Å². The van der Waals surface area contributed by atoms with Gasteiger partial charge in [0.1, 0.15) is 24.7 Å². The van der Waals surface area contributed by atoms with E-state index in [4.69, 9.17) is 10.8 Å². The molecule has 3 atom stereocenters. The summed E-state index contributed by atoms with van der Waals surface area (Å²) in [5.74, 6) is -5.64. The van der Waals surface area contributed by atoms with Crippen LogP contribution < -0.4 is 32.3 Å². The van der Waals surface area contributed by atoms with E-state index >= 15 is 0 Å². The van der Waals surface area contributed by atoms with Crippen molar-refractivity contribution in [2.45, 2.75) is 72.0 Å². The highest BCUT2D eigenvalue weighted by Gasteiger charge is 2.31. The number of amides is 6. The van der Waals surface area contributed by atoms with Crippen LogP contribution in [0.25, 0.3) is 0 Å². The fourth-order valence-electron chi connectivity index (χ4n) is 3.13. The molecule has 0 aromatic rings. The van der Waals surface area contributed by atoms with Crippen molar-refractivity contribution in [3.05, 3.63) is 0 Å². The number of carboxylic acid groups (broad SMARTS) is 1. The summed E-state index contributed by atoms with van der Waals surface area (Å²) in [5, 5.41) is 20.4. The molecular weight excluding hydrogens is 476 g/mol. The fourth-order valence-corrected chi connectivity index (χ4v) is 3.13. The normalized spacial score (nSPS) is 13.2. The van der Waals surface area contributed by atoms with Crippen molar-refractivity contribution in [2.75, 3.05) is 13.1 Å². The van der Waals surface area contributed by atoms with E-state index in [2.05, 4.69) is 26.6 Å². The molecule has 0 fully saturated rings. The average molecular weight is 515 g/mol. The van der Waals surface area contributed by atoms with Gasteiger partial charge >= 0.3 is 5.97 Å². The van der Waals surface area contributed by atoms with Gasteiger partial charge in [0.2, 0.25) is 35.4 Å². The Bertz CT molecular complexity index is 829. The summed E-state index contributed by atoms with van der Waals surface area (Å²) in [6.07, 6.45) is -0.119. The van der Waals surface area contributed by atoms with Gasteiger partial charge < -0.3 is 37.4 Å². The van der Waals surface area contributed by atoms with Crippen molar-refractivity contribution < 1.29 is 38.7 Å². The van der Waals surface area contributed by atoms with Crippen LogP contribution in [0.2, 0.25) is 0 Å². The van der Waals surface area contributed by atoms with Crippen LogP contribution in [0.3, 0.4) is 0 Å². The van der Waals surface area contributed by atoms with Crippen molar-refractivity contribution in [3.63, 3.8) is 0 Å². The molecule has 36 heavy (non-hydrogen) atoms. The molecule has 14 heteroatoms. The number of hydrogen-bond acceptors (Lipinski definition) is 7. The minimum Gasteiger partial charge on any atom is -0.480 e. The summed E-state index contributed by atoms with van der Waals surface area (Å²) in [5.41, 5.74) is 5.24. The molecule has 0 aromatic carbocycles. The molecule has 0 aliphatic heterocycles. The standard InChI is InChI=1S/C22H38N6O8/c1-11(2)6-14(20(34)25-9-18(31)24-10-19(32)33)27-22(36)16(8-17(23)30)28-21(35)15(7-12(3)4)26-13(5)29/h11-12,14-16H,6-10H2,1-5H3,(H2,23,30)(H,24,31)(H,25,34)(H,26,29)(H,27,36)(H,28,35)(H,32,33)/t14-,15-,16-/m0/s1. The molecule has 0 radical (unpaired) electrons. The quantitative estimate of drug-likeness (QED) is 0.119. The van der Waals surface area contributed by atoms with E-state index in [0.29, 0.717) is 0 Å². The molecule has 14 nitrogen and oxygen atoms in total. The average Bonchev–Trinajstić information content (AvgIpc) is 2.73. The van der Waals surface area contributed by atoms with Crippen LogP contribution in [0, 0.1) is 11.8 Å². The monoisotopic (exact) mass is 514 g/mol. The van der Waals surface area contributed by atoms with E-state index in [1.165, 1.54) is 6.92 Å². The first-order valence-electron chi connectivity index (χ1n) is 11.5. The molecule has 0 heterocycles. The second kappa shape index (κ2) is 16.1. The molecule has 6 amide bonds. The highest BCUT2D eigenvalue weighted by Crippen LogP contribution is 2.08. The molecule has 0 rings (SSSR count). The SMILES string of the molecule is CC(=O)N[C@@H](CC(C)C)C(=O)N[C@@H](CC(N)=O)C(=O)N[C@@H](CC(C)C)C(=O)NCC(=O)NCC(=O)O. The lowest BCUT2D eigenvalue weighted by Gasteiger charge is -2.26. The lowest BCUT2D eigenvalue weighted by molar-refractivity contribution is -0.138. The fraction of sp³-hybridized carbons (Fsp3) is 0.682. The Balaban J connectivity index is 5.47. The third-order valence-electron chi connectivity index (χ3n) is 4.64. The summed E-state index contributed by atoms with van der Waals surface area (Å²) in [6, 6.07) is -3.50. The second-order valence-electron chi connectivity index (χ2n) is 9.19. The second-order valence-corrected chi connectivity index (χ2v) is 9.19. The lowest BCUT2D eigenvalue weighted by atomic mass is 10.0. The Hall–Kier alpha value is -3.71. The number of carboxylic acids is 1. The zero-order valence-electron chi connectivity index (χ0n) is 21.3. The number of rotatable bonds is 16. The third-order valence-corrected chi connectivity index (χ3v) is 4.64. The van der Waals surface area contributed by atoms with Crippen LogP contribution in [-0.2, 0) is 33.6 Å². The first-order valence-corrected chi connectivity index (χ1v) is 11.5. The highest BCUT2D eigenvalue weighted by atomic mass is 16.4. The van der Waals surface area contributed by atoms with E-state index in [1.807, 2.05) is 13.8 Å². The van der Waals surface area contributed by atoms with E-state index in [-0.39, 0.29) is 24.7 Å². The van der Waals surface area contributed by atoms with E-state index in [1.54, 1.807) is 13.8 Å². The number of carbonyl (C=O) groups is 7. The van der Waals surface area contributed by atoms with Crippen molar-refractivity contribution in [1.82, 2.24) is 26.6 Å². The Morgan fingerprint density at radius 1 is 0.694 bits per heavy atom. The van der Waals surface area contributed by atoms with Crippen molar-refractivity contribution in [3.8, 4) is 0 Å².